The average molecular weight is 162 g/mol. The Morgan fingerprint density at radius 1 is 0.667 bits per heavy atom. The highest BCUT2D eigenvalue weighted by molar-refractivity contribution is 5.62. The summed E-state index contributed by atoms with van der Waals surface area (Å²) in [6, 6.07) is 0. The van der Waals surface area contributed by atoms with E-state index >= 15 is 0 Å². The molecular formula is C8H10N4. The standard InChI is InChI=1S/C6H4N4.C2H6/c1-2-8-6-5(7-1)9-3-4-10-6;1-2/h1-4H;1-2H3. The summed E-state index contributed by atoms with van der Waals surface area (Å²) in [5.74, 6) is 0. The molecule has 2 aromatic heterocycles. The molecule has 0 fully saturated rings. The number of nitrogens with zero attached hydrogens (tertiary/aromatic N) is 4. The molecule has 0 aliphatic heterocycles. The fourth-order valence-electron chi connectivity index (χ4n) is 0.713. The molecule has 0 spiro atoms. The molecule has 12 heavy (non-hydrogen) atoms. The molecule has 0 radical (unpaired) electrons. The Hall–Kier alpha value is -1.58. The van der Waals surface area contributed by atoms with Crippen molar-refractivity contribution in [1.29, 1.82) is 0 Å². The maximum absolute atomic E-state index is 3.95. The van der Waals surface area contributed by atoms with E-state index in [-0.39, 0.29) is 0 Å². The van der Waals surface area contributed by atoms with E-state index in [0.717, 1.165) is 0 Å². The van der Waals surface area contributed by atoms with E-state index in [4.69, 9.17) is 0 Å². The highest BCUT2D eigenvalue weighted by atomic mass is 15.0. The van der Waals surface area contributed by atoms with Gasteiger partial charge in [0, 0.05) is 24.8 Å². The number of aromatic nitrogens is 4. The lowest BCUT2D eigenvalue weighted by Crippen LogP contribution is -1.87. The Morgan fingerprint density at radius 3 is 1.17 bits per heavy atom. The van der Waals surface area contributed by atoms with Gasteiger partial charge in [0.05, 0.1) is 0 Å². The lowest BCUT2D eigenvalue weighted by atomic mass is 10.6. The van der Waals surface area contributed by atoms with Gasteiger partial charge in [-0.2, -0.15) is 0 Å². The third kappa shape index (κ3) is 1.72. The van der Waals surface area contributed by atoms with Crippen molar-refractivity contribution in [2.75, 3.05) is 0 Å². The van der Waals surface area contributed by atoms with Crippen LogP contribution >= 0.6 is 0 Å². The summed E-state index contributed by atoms with van der Waals surface area (Å²) in [5.41, 5.74) is 1.18. The topological polar surface area (TPSA) is 51.6 Å². The molecule has 0 aliphatic rings. The number of hydrogen-bond acceptors (Lipinski definition) is 4. The Morgan fingerprint density at radius 2 is 0.917 bits per heavy atom. The Balaban J connectivity index is 0.000000336. The van der Waals surface area contributed by atoms with Gasteiger partial charge in [0.15, 0.2) is 11.3 Å². The number of hydrogen-bond donors (Lipinski definition) is 0. The van der Waals surface area contributed by atoms with Crippen molar-refractivity contribution >= 4 is 11.3 Å². The molecule has 0 saturated carbocycles. The molecule has 0 saturated heterocycles. The predicted octanol–water partition coefficient (Wildman–Crippen LogP) is 1.45. The highest BCUT2D eigenvalue weighted by Gasteiger charge is 1.91. The van der Waals surface area contributed by atoms with E-state index in [0.29, 0.717) is 11.3 Å². The summed E-state index contributed by atoms with van der Waals surface area (Å²) in [6.45, 7) is 4.00. The van der Waals surface area contributed by atoms with Crippen molar-refractivity contribution in [2.24, 2.45) is 0 Å². The summed E-state index contributed by atoms with van der Waals surface area (Å²) >= 11 is 0. The summed E-state index contributed by atoms with van der Waals surface area (Å²) in [7, 11) is 0. The second-order valence-electron chi connectivity index (χ2n) is 1.76. The molecule has 0 amide bonds. The van der Waals surface area contributed by atoms with Crippen LogP contribution in [0.1, 0.15) is 13.8 Å². The summed E-state index contributed by atoms with van der Waals surface area (Å²) < 4.78 is 0. The van der Waals surface area contributed by atoms with Gasteiger partial charge in [-0.15, -0.1) is 0 Å². The van der Waals surface area contributed by atoms with Gasteiger partial charge in [-0.25, -0.2) is 19.9 Å². The fraction of sp³-hybridized carbons (Fsp3) is 0.250. The van der Waals surface area contributed by atoms with Crippen molar-refractivity contribution in [1.82, 2.24) is 19.9 Å². The van der Waals surface area contributed by atoms with Gasteiger partial charge in [-0.1, -0.05) is 13.8 Å². The first kappa shape index (κ1) is 8.52. The van der Waals surface area contributed by atoms with Gasteiger partial charge >= 0.3 is 0 Å². The van der Waals surface area contributed by atoms with Crippen molar-refractivity contribution < 1.29 is 0 Å². The van der Waals surface area contributed by atoms with E-state index in [1.54, 1.807) is 24.8 Å². The highest BCUT2D eigenvalue weighted by Crippen LogP contribution is 1.96. The van der Waals surface area contributed by atoms with Gasteiger partial charge in [-0.05, 0) is 0 Å². The van der Waals surface area contributed by atoms with Crippen LogP contribution in [0.4, 0.5) is 0 Å². The smallest absolute Gasteiger partial charge is 0.197 e. The maximum atomic E-state index is 3.95. The van der Waals surface area contributed by atoms with Crippen LogP contribution in [0.5, 0.6) is 0 Å². The molecular weight excluding hydrogens is 152 g/mol. The van der Waals surface area contributed by atoms with E-state index in [9.17, 15) is 0 Å². The lowest BCUT2D eigenvalue weighted by Gasteiger charge is -1.88. The molecule has 0 aliphatic carbocycles. The van der Waals surface area contributed by atoms with E-state index < -0.39 is 0 Å². The predicted molar refractivity (Wildman–Crippen MR) is 46.5 cm³/mol. The molecule has 0 bridgehead atoms. The summed E-state index contributed by atoms with van der Waals surface area (Å²) in [4.78, 5) is 15.8. The zero-order valence-corrected chi connectivity index (χ0v) is 7.10. The van der Waals surface area contributed by atoms with Crippen LogP contribution in [0, 0.1) is 0 Å². The summed E-state index contributed by atoms with van der Waals surface area (Å²) in [5, 5.41) is 0. The molecule has 2 aromatic rings. The average Bonchev–Trinajstić information content (AvgIpc) is 2.21. The van der Waals surface area contributed by atoms with Gasteiger partial charge in [0.1, 0.15) is 0 Å². The largest absolute Gasteiger partial charge is 0.232 e. The summed E-state index contributed by atoms with van der Waals surface area (Å²) in [6.07, 6.45) is 6.38. The molecule has 0 atom stereocenters. The zero-order chi connectivity index (χ0) is 8.81. The van der Waals surface area contributed by atoms with Gasteiger partial charge in [-0.3, -0.25) is 0 Å². The molecule has 2 rings (SSSR count). The third-order valence-electron chi connectivity index (χ3n) is 1.12. The van der Waals surface area contributed by atoms with Gasteiger partial charge in [0.2, 0.25) is 0 Å². The quantitative estimate of drug-likeness (QED) is 0.588. The van der Waals surface area contributed by atoms with Crippen LogP contribution in [0.15, 0.2) is 24.8 Å². The van der Waals surface area contributed by atoms with Crippen LogP contribution < -0.4 is 0 Å². The van der Waals surface area contributed by atoms with E-state index in [1.165, 1.54) is 0 Å². The van der Waals surface area contributed by atoms with Crippen LogP contribution in [-0.2, 0) is 0 Å². The number of rotatable bonds is 0. The molecule has 2 heterocycles. The van der Waals surface area contributed by atoms with Crippen LogP contribution in [0.2, 0.25) is 0 Å². The normalized spacial score (nSPS) is 8.83. The molecule has 0 aromatic carbocycles. The van der Waals surface area contributed by atoms with Crippen molar-refractivity contribution in [2.45, 2.75) is 13.8 Å². The van der Waals surface area contributed by atoms with Gasteiger partial charge < -0.3 is 0 Å². The monoisotopic (exact) mass is 162 g/mol. The SMILES string of the molecule is CC.c1cnc2nccnc2n1. The minimum atomic E-state index is 0.588. The van der Waals surface area contributed by atoms with Crippen LogP contribution in [-0.4, -0.2) is 19.9 Å². The van der Waals surface area contributed by atoms with E-state index in [2.05, 4.69) is 19.9 Å². The molecule has 4 nitrogen and oxygen atoms in total. The first-order valence-corrected chi connectivity index (χ1v) is 3.84. The Kier molecular flexibility index (Phi) is 3.07. The van der Waals surface area contributed by atoms with Crippen LogP contribution in [0.25, 0.3) is 11.3 Å². The van der Waals surface area contributed by atoms with Crippen molar-refractivity contribution in [3.63, 3.8) is 0 Å². The molecule has 4 heteroatoms. The second kappa shape index (κ2) is 4.33. The van der Waals surface area contributed by atoms with Crippen molar-refractivity contribution in [3.05, 3.63) is 24.8 Å². The van der Waals surface area contributed by atoms with Crippen LogP contribution in [0.3, 0.4) is 0 Å². The fourth-order valence-corrected chi connectivity index (χ4v) is 0.713. The minimum Gasteiger partial charge on any atom is -0.232 e. The van der Waals surface area contributed by atoms with Crippen molar-refractivity contribution in [3.8, 4) is 0 Å². The zero-order valence-electron chi connectivity index (χ0n) is 7.10. The minimum absolute atomic E-state index is 0.588. The molecule has 0 unspecified atom stereocenters. The molecule has 0 N–H and O–H groups in total. The number of fused-ring (bicyclic) bond motifs is 1. The first-order chi connectivity index (χ1) is 5.97. The maximum Gasteiger partial charge on any atom is 0.197 e. The lowest BCUT2D eigenvalue weighted by molar-refractivity contribution is 1.16. The third-order valence-corrected chi connectivity index (χ3v) is 1.12. The Labute approximate surface area is 70.7 Å². The first-order valence-electron chi connectivity index (χ1n) is 3.84. The molecule has 62 valence electrons. The van der Waals surface area contributed by atoms with E-state index in [1.807, 2.05) is 13.8 Å². The second-order valence-corrected chi connectivity index (χ2v) is 1.76. The van der Waals surface area contributed by atoms with Gasteiger partial charge in [0.25, 0.3) is 0 Å². The Bertz CT molecular complexity index is 282.